The largest absolute Gasteiger partial charge is 0.416 e. The maximum atomic E-state index is 13.1. The van der Waals surface area contributed by atoms with Crippen molar-refractivity contribution in [1.82, 2.24) is 20.1 Å². The van der Waals surface area contributed by atoms with Crippen LogP contribution in [0.3, 0.4) is 0 Å². The first kappa shape index (κ1) is 33.1. The van der Waals surface area contributed by atoms with Gasteiger partial charge in [0, 0.05) is 66.6 Å². The Bertz CT molecular complexity index is 1700. The first-order valence-electron chi connectivity index (χ1n) is 16.1. The van der Waals surface area contributed by atoms with Gasteiger partial charge in [-0.25, -0.2) is 9.98 Å². The molecule has 3 heterocycles. The van der Waals surface area contributed by atoms with Crippen LogP contribution in [0, 0.1) is 5.41 Å². The van der Waals surface area contributed by atoms with Gasteiger partial charge in [-0.15, -0.1) is 0 Å². The molecule has 0 radical (unpaired) electrons. The monoisotopic (exact) mass is 660 g/mol. The number of rotatable bonds is 9. The smallest absolute Gasteiger partial charge is 0.382 e. The van der Waals surface area contributed by atoms with Crippen LogP contribution in [-0.2, 0) is 11.0 Å². The number of likely N-dealkylation sites (N-methyl/N-ethyl adjacent to an activating group) is 1. The molecule has 2 aliphatic carbocycles. The van der Waals surface area contributed by atoms with E-state index >= 15 is 0 Å². The highest BCUT2D eigenvalue weighted by Gasteiger charge is 2.54. The molecule has 252 valence electrons. The van der Waals surface area contributed by atoms with E-state index < -0.39 is 17.6 Å². The number of aromatic nitrogens is 1. The first-order valence-corrected chi connectivity index (χ1v) is 16.1. The number of nitrogens with zero attached hydrogens (tertiary/aromatic N) is 5. The minimum absolute atomic E-state index is 0.0563. The molecule has 1 aromatic heterocycles. The van der Waals surface area contributed by atoms with Crippen molar-refractivity contribution in [2.24, 2.45) is 21.1 Å². The zero-order chi connectivity index (χ0) is 33.9. The molecule has 48 heavy (non-hydrogen) atoms. The number of amidine groups is 1. The molecule has 10 nitrogen and oxygen atoms in total. The number of hydrogen-bond acceptors (Lipinski definition) is 8. The van der Waals surface area contributed by atoms with Crippen LogP contribution in [0.25, 0.3) is 5.70 Å². The summed E-state index contributed by atoms with van der Waals surface area (Å²) < 4.78 is 39.4. The van der Waals surface area contributed by atoms with Crippen LogP contribution in [-0.4, -0.2) is 70.9 Å². The Kier molecular flexibility index (Phi) is 9.24. The van der Waals surface area contributed by atoms with Crippen LogP contribution in [0.1, 0.15) is 66.4 Å². The van der Waals surface area contributed by atoms with Crippen molar-refractivity contribution in [2.75, 3.05) is 32.0 Å². The predicted octanol–water partition coefficient (Wildman–Crippen LogP) is 5.34. The Morgan fingerprint density at radius 1 is 1.06 bits per heavy atom. The Balaban J connectivity index is 1.18. The summed E-state index contributed by atoms with van der Waals surface area (Å²) in [7, 11) is 1.84. The van der Waals surface area contributed by atoms with E-state index in [1.165, 1.54) is 12.8 Å². The maximum absolute atomic E-state index is 13.1. The van der Waals surface area contributed by atoms with Gasteiger partial charge in [-0.2, -0.15) is 13.2 Å². The van der Waals surface area contributed by atoms with Gasteiger partial charge in [0.25, 0.3) is 5.91 Å². The summed E-state index contributed by atoms with van der Waals surface area (Å²) in [4.78, 5) is 43.1. The molecule has 3 fully saturated rings. The molecular weight excluding hydrogens is 621 g/mol. The van der Waals surface area contributed by atoms with Crippen LogP contribution >= 0.6 is 0 Å². The minimum Gasteiger partial charge on any atom is -0.382 e. The van der Waals surface area contributed by atoms with E-state index in [0.717, 1.165) is 70.1 Å². The molecule has 2 aromatic rings. The molecule has 0 atom stereocenters. The van der Waals surface area contributed by atoms with Gasteiger partial charge >= 0.3 is 6.18 Å². The highest BCUT2D eigenvalue weighted by molar-refractivity contribution is 6.06. The summed E-state index contributed by atoms with van der Waals surface area (Å²) in [5.74, 6) is -0.588. The summed E-state index contributed by atoms with van der Waals surface area (Å²) >= 11 is 0. The lowest BCUT2D eigenvalue weighted by Gasteiger charge is -2.27. The van der Waals surface area contributed by atoms with Crippen molar-refractivity contribution >= 4 is 35.4 Å². The number of alkyl halides is 3. The van der Waals surface area contributed by atoms with Crippen molar-refractivity contribution in [3.8, 4) is 0 Å². The summed E-state index contributed by atoms with van der Waals surface area (Å²) in [6, 6.07) is 8.20. The number of pyridine rings is 1. The molecule has 2 amide bonds. The number of nitrogens with two attached hydrogens (primary N) is 1. The zero-order valence-corrected chi connectivity index (χ0v) is 26.8. The SMILES string of the molecule is CN1C=CN=C(N)/C1=C(/N=C/C12CCC(NC(=O)/C=C/CN3CCCC3)(CC1)C2)c1ccc(C(=O)Nc2cc(C(F)(F)F)ccn2)cc1. The van der Waals surface area contributed by atoms with Crippen LogP contribution in [0.4, 0.5) is 19.0 Å². The third kappa shape index (κ3) is 7.35. The summed E-state index contributed by atoms with van der Waals surface area (Å²) in [5, 5.41) is 5.74. The second kappa shape index (κ2) is 13.4. The van der Waals surface area contributed by atoms with E-state index in [0.29, 0.717) is 17.0 Å². The van der Waals surface area contributed by atoms with Crippen LogP contribution < -0.4 is 16.4 Å². The van der Waals surface area contributed by atoms with E-state index in [1.54, 1.807) is 42.7 Å². The number of anilines is 1. The van der Waals surface area contributed by atoms with Gasteiger partial charge in [0.2, 0.25) is 5.91 Å². The summed E-state index contributed by atoms with van der Waals surface area (Å²) in [5.41, 5.74) is 7.04. The van der Waals surface area contributed by atoms with Crippen molar-refractivity contribution in [3.05, 3.63) is 89.5 Å². The zero-order valence-electron chi connectivity index (χ0n) is 26.8. The minimum atomic E-state index is -4.56. The molecule has 13 heteroatoms. The Labute approximate surface area is 277 Å². The molecule has 2 saturated carbocycles. The highest BCUT2D eigenvalue weighted by atomic mass is 19.4. The molecular formula is C35H39F3N8O2. The third-order valence-electron chi connectivity index (χ3n) is 9.65. The topological polar surface area (TPSA) is 128 Å². The van der Waals surface area contributed by atoms with Crippen molar-refractivity contribution in [2.45, 2.75) is 56.7 Å². The fraction of sp³-hybridized carbons (Fsp3) is 0.400. The Hall–Kier alpha value is -4.78. The van der Waals surface area contributed by atoms with Gasteiger partial charge in [0.05, 0.1) is 11.3 Å². The average Bonchev–Trinajstić information content (AvgIpc) is 3.79. The van der Waals surface area contributed by atoms with Gasteiger partial charge < -0.3 is 21.3 Å². The normalized spacial score (nSPS) is 25.2. The third-order valence-corrected chi connectivity index (χ3v) is 9.65. The lowest BCUT2D eigenvalue weighted by atomic mass is 9.85. The number of amides is 2. The van der Waals surface area contributed by atoms with Gasteiger partial charge in [-0.05, 0) is 82.3 Å². The van der Waals surface area contributed by atoms with Crippen LogP contribution in [0.5, 0.6) is 0 Å². The lowest BCUT2D eigenvalue weighted by Crippen LogP contribution is -2.44. The molecule has 2 bridgehead atoms. The standard InChI is InChI=1S/C35H39F3N8O2/c1-45-20-16-41-31(39)30(45)29(24-6-8-25(9-7-24)32(48)43-27-21-26(10-15-40-27)35(36,37)38)42-23-33-11-13-34(22-33,14-12-33)44-28(47)5-4-19-46-17-2-3-18-46/h4-10,15-16,20-21,23H,2-3,11-14,17-19,22H2,1H3,(H2,39,41)(H,44,47)(H,40,43,48)/b5-4+,30-29-,42-23+. The van der Waals surface area contributed by atoms with Crippen molar-refractivity contribution < 1.29 is 22.8 Å². The number of benzene rings is 1. The number of halogens is 3. The number of hydrogen-bond donors (Lipinski definition) is 3. The molecule has 1 aromatic carbocycles. The van der Waals surface area contributed by atoms with E-state index in [2.05, 4.69) is 25.5 Å². The number of carbonyl (C=O) groups is 2. The second-order valence-corrected chi connectivity index (χ2v) is 13.1. The second-order valence-electron chi connectivity index (χ2n) is 13.1. The number of nitrogens with one attached hydrogen (secondary N) is 2. The Morgan fingerprint density at radius 2 is 1.77 bits per heavy atom. The summed E-state index contributed by atoms with van der Waals surface area (Å²) in [6.45, 7) is 2.96. The average molecular weight is 661 g/mol. The number of carbonyl (C=O) groups excluding carboxylic acids is 2. The maximum Gasteiger partial charge on any atom is 0.416 e. The molecule has 1 saturated heterocycles. The van der Waals surface area contributed by atoms with E-state index in [4.69, 9.17) is 10.7 Å². The van der Waals surface area contributed by atoms with Crippen LogP contribution in [0.2, 0.25) is 0 Å². The van der Waals surface area contributed by atoms with Gasteiger partial charge in [-0.1, -0.05) is 18.2 Å². The number of aliphatic imine (C=N–C) groups is 2. The fourth-order valence-electron chi connectivity index (χ4n) is 7.11. The molecule has 4 N–H and O–H groups in total. The number of likely N-dealkylation sites (tertiary alicyclic amines) is 1. The fourth-order valence-corrected chi connectivity index (χ4v) is 7.11. The Morgan fingerprint density at radius 3 is 2.46 bits per heavy atom. The molecule has 0 spiro atoms. The summed E-state index contributed by atoms with van der Waals surface area (Å²) in [6.07, 6.45) is 12.1. The molecule has 4 aliphatic rings. The first-order chi connectivity index (χ1) is 22.9. The lowest BCUT2D eigenvalue weighted by molar-refractivity contribution is -0.137. The van der Waals surface area contributed by atoms with E-state index in [9.17, 15) is 22.8 Å². The van der Waals surface area contributed by atoms with Gasteiger partial charge in [0.1, 0.15) is 17.4 Å². The van der Waals surface area contributed by atoms with E-state index in [1.807, 2.05) is 24.2 Å². The molecule has 6 rings (SSSR count). The van der Waals surface area contributed by atoms with E-state index in [-0.39, 0.29) is 34.1 Å². The predicted molar refractivity (Wildman–Crippen MR) is 179 cm³/mol. The van der Waals surface area contributed by atoms with Crippen molar-refractivity contribution in [1.29, 1.82) is 0 Å². The van der Waals surface area contributed by atoms with Crippen molar-refractivity contribution in [3.63, 3.8) is 0 Å². The van der Waals surface area contributed by atoms with Crippen LogP contribution in [0.15, 0.2) is 82.8 Å². The molecule has 0 unspecified atom stereocenters. The quantitative estimate of drug-likeness (QED) is 0.246. The molecule has 2 aliphatic heterocycles. The number of fused-ring (bicyclic) bond motifs is 2. The van der Waals surface area contributed by atoms with Gasteiger partial charge in [0.15, 0.2) is 0 Å². The van der Waals surface area contributed by atoms with Gasteiger partial charge in [-0.3, -0.25) is 19.5 Å². The highest BCUT2D eigenvalue weighted by Crippen LogP contribution is 2.55.